The molecule has 0 aliphatic carbocycles. The minimum absolute atomic E-state index is 0.0749. The van der Waals surface area contributed by atoms with Crippen molar-refractivity contribution in [1.29, 1.82) is 0 Å². The minimum atomic E-state index is -1.63. The number of carbonyl (C=O) groups excluding carboxylic acids is 2. The van der Waals surface area contributed by atoms with Crippen LogP contribution in [0.5, 0.6) is 0 Å². The third kappa shape index (κ3) is 3.07. The number of primary amides is 1. The monoisotopic (exact) mass is 315 g/mol. The first kappa shape index (κ1) is 15.2. The molecule has 1 aromatic heterocycles. The summed E-state index contributed by atoms with van der Waals surface area (Å²) < 4.78 is 1.66. The zero-order valence-corrected chi connectivity index (χ0v) is 12.4. The van der Waals surface area contributed by atoms with Gasteiger partial charge in [0.1, 0.15) is 12.7 Å². The fourth-order valence-electron chi connectivity index (χ4n) is 2.65. The standard InChI is InChI=1S/C15H17N5O3/c16-14(22)15(23)4-5-19(8-15)13(21)12-3-1-2-11(6-12)7-20-10-17-9-18-20/h1-3,6,9-10,23H,4-5,7-8H2,(H2,16,22). The van der Waals surface area contributed by atoms with E-state index in [4.69, 9.17) is 5.73 Å². The second-order valence-electron chi connectivity index (χ2n) is 5.67. The van der Waals surface area contributed by atoms with Crippen molar-refractivity contribution in [2.24, 2.45) is 5.73 Å². The van der Waals surface area contributed by atoms with Gasteiger partial charge >= 0.3 is 0 Å². The Hall–Kier alpha value is -2.74. The summed E-state index contributed by atoms with van der Waals surface area (Å²) in [5, 5.41) is 14.1. The molecular formula is C15H17N5O3. The van der Waals surface area contributed by atoms with Gasteiger partial charge in [0.05, 0.1) is 13.1 Å². The van der Waals surface area contributed by atoms with E-state index in [1.165, 1.54) is 11.2 Å². The predicted octanol–water partition coefficient (Wildman–Crippen LogP) is -0.611. The summed E-state index contributed by atoms with van der Waals surface area (Å²) in [6, 6.07) is 7.15. The van der Waals surface area contributed by atoms with Gasteiger partial charge in [0, 0.05) is 18.5 Å². The Labute approximate surface area is 132 Å². The van der Waals surface area contributed by atoms with Gasteiger partial charge in [-0.25, -0.2) is 9.67 Å². The molecule has 0 spiro atoms. The number of aliphatic hydroxyl groups is 1. The van der Waals surface area contributed by atoms with Gasteiger partial charge in [0.25, 0.3) is 11.8 Å². The maximum Gasteiger partial charge on any atom is 0.253 e. The third-order valence-electron chi connectivity index (χ3n) is 3.98. The van der Waals surface area contributed by atoms with E-state index < -0.39 is 11.5 Å². The molecule has 2 aromatic rings. The van der Waals surface area contributed by atoms with E-state index in [9.17, 15) is 14.7 Å². The lowest BCUT2D eigenvalue weighted by molar-refractivity contribution is -0.134. The minimum Gasteiger partial charge on any atom is -0.378 e. The third-order valence-corrected chi connectivity index (χ3v) is 3.98. The van der Waals surface area contributed by atoms with Crippen molar-refractivity contribution in [3.63, 3.8) is 0 Å². The van der Waals surface area contributed by atoms with Crippen LogP contribution in [0.3, 0.4) is 0 Å². The van der Waals surface area contributed by atoms with Crippen molar-refractivity contribution in [1.82, 2.24) is 19.7 Å². The van der Waals surface area contributed by atoms with Gasteiger partial charge in [-0.1, -0.05) is 12.1 Å². The molecule has 2 heterocycles. The van der Waals surface area contributed by atoms with Crippen LogP contribution in [0.4, 0.5) is 0 Å². The van der Waals surface area contributed by atoms with Crippen LogP contribution in [0.1, 0.15) is 22.3 Å². The smallest absolute Gasteiger partial charge is 0.253 e. The number of benzene rings is 1. The number of nitrogens with two attached hydrogens (primary N) is 1. The SMILES string of the molecule is NC(=O)C1(O)CCN(C(=O)c2cccc(Cn3cncn3)c2)C1. The van der Waals surface area contributed by atoms with Crippen LogP contribution in [-0.4, -0.2) is 55.3 Å². The summed E-state index contributed by atoms with van der Waals surface area (Å²) in [6.45, 7) is 0.729. The molecule has 1 aliphatic heterocycles. The quantitative estimate of drug-likeness (QED) is 0.781. The van der Waals surface area contributed by atoms with Gasteiger partial charge in [0.2, 0.25) is 0 Å². The number of rotatable bonds is 4. The van der Waals surface area contributed by atoms with Crippen LogP contribution in [0.15, 0.2) is 36.9 Å². The van der Waals surface area contributed by atoms with Crippen LogP contribution < -0.4 is 5.73 Å². The Morgan fingerprint density at radius 1 is 1.39 bits per heavy atom. The summed E-state index contributed by atoms with van der Waals surface area (Å²) in [5.41, 5.74) is 4.96. The zero-order chi connectivity index (χ0) is 16.4. The Bertz CT molecular complexity index is 730. The number of likely N-dealkylation sites (tertiary alicyclic amines) is 1. The maximum absolute atomic E-state index is 12.5. The van der Waals surface area contributed by atoms with E-state index >= 15 is 0 Å². The van der Waals surface area contributed by atoms with E-state index in [-0.39, 0.29) is 18.9 Å². The molecule has 1 aliphatic rings. The van der Waals surface area contributed by atoms with Gasteiger partial charge in [-0.05, 0) is 17.7 Å². The molecule has 3 N–H and O–H groups in total. The summed E-state index contributed by atoms with van der Waals surface area (Å²) in [4.78, 5) is 29.1. The molecule has 8 nitrogen and oxygen atoms in total. The van der Waals surface area contributed by atoms with Gasteiger partial charge in [-0.15, -0.1) is 0 Å². The van der Waals surface area contributed by atoms with E-state index in [1.54, 1.807) is 29.2 Å². The van der Waals surface area contributed by atoms with Crippen LogP contribution in [0.2, 0.25) is 0 Å². The van der Waals surface area contributed by atoms with Crippen molar-refractivity contribution in [2.75, 3.05) is 13.1 Å². The first-order valence-electron chi connectivity index (χ1n) is 7.21. The molecule has 8 heteroatoms. The predicted molar refractivity (Wildman–Crippen MR) is 80.2 cm³/mol. The fourth-order valence-corrected chi connectivity index (χ4v) is 2.65. The van der Waals surface area contributed by atoms with Crippen LogP contribution >= 0.6 is 0 Å². The van der Waals surface area contributed by atoms with Crippen LogP contribution in [0, 0.1) is 0 Å². The Morgan fingerprint density at radius 2 is 2.22 bits per heavy atom. The number of amides is 2. The van der Waals surface area contributed by atoms with E-state index in [2.05, 4.69) is 10.1 Å². The number of β-amino-alcohol motifs (C(OH)–C–C–N with tert-alkyl or cyclic N) is 1. The number of carbonyl (C=O) groups is 2. The molecule has 3 rings (SSSR count). The molecule has 1 aromatic carbocycles. The highest BCUT2D eigenvalue weighted by molar-refractivity contribution is 5.95. The second-order valence-corrected chi connectivity index (χ2v) is 5.67. The average molecular weight is 315 g/mol. The molecule has 0 saturated carbocycles. The van der Waals surface area contributed by atoms with Crippen molar-refractivity contribution in [3.8, 4) is 0 Å². The van der Waals surface area contributed by atoms with E-state index in [0.717, 1.165) is 5.56 Å². The lowest BCUT2D eigenvalue weighted by atomic mass is 10.0. The first-order valence-corrected chi connectivity index (χ1v) is 7.21. The molecule has 1 atom stereocenters. The molecule has 1 saturated heterocycles. The molecule has 120 valence electrons. The Kier molecular flexibility index (Phi) is 3.83. The lowest BCUT2D eigenvalue weighted by Crippen LogP contribution is -2.46. The van der Waals surface area contributed by atoms with Crippen molar-refractivity contribution < 1.29 is 14.7 Å². The first-order chi connectivity index (χ1) is 11.0. The molecule has 0 radical (unpaired) electrons. The van der Waals surface area contributed by atoms with Gasteiger partial charge in [-0.2, -0.15) is 5.10 Å². The maximum atomic E-state index is 12.5. The number of nitrogens with zero attached hydrogens (tertiary/aromatic N) is 4. The van der Waals surface area contributed by atoms with Gasteiger partial charge in [0.15, 0.2) is 5.60 Å². The Morgan fingerprint density at radius 3 is 2.87 bits per heavy atom. The van der Waals surface area contributed by atoms with Gasteiger partial charge < -0.3 is 15.7 Å². The molecular weight excluding hydrogens is 298 g/mol. The summed E-state index contributed by atoms with van der Waals surface area (Å²) in [6.07, 6.45) is 3.21. The molecule has 2 amide bonds. The summed E-state index contributed by atoms with van der Waals surface area (Å²) in [5.74, 6) is -1.03. The number of hydrogen-bond donors (Lipinski definition) is 2. The number of aromatic nitrogens is 3. The second kappa shape index (κ2) is 5.81. The average Bonchev–Trinajstić information content (AvgIpc) is 3.17. The lowest BCUT2D eigenvalue weighted by Gasteiger charge is -2.20. The van der Waals surface area contributed by atoms with Crippen LogP contribution in [0.25, 0.3) is 0 Å². The van der Waals surface area contributed by atoms with Crippen molar-refractivity contribution in [3.05, 3.63) is 48.0 Å². The Balaban J connectivity index is 1.74. The van der Waals surface area contributed by atoms with Crippen LogP contribution in [-0.2, 0) is 11.3 Å². The van der Waals surface area contributed by atoms with E-state index in [0.29, 0.717) is 18.7 Å². The highest BCUT2D eigenvalue weighted by atomic mass is 16.3. The summed E-state index contributed by atoms with van der Waals surface area (Å²) >= 11 is 0. The van der Waals surface area contributed by atoms with Crippen molar-refractivity contribution in [2.45, 2.75) is 18.6 Å². The van der Waals surface area contributed by atoms with Crippen molar-refractivity contribution >= 4 is 11.8 Å². The largest absolute Gasteiger partial charge is 0.378 e. The molecule has 23 heavy (non-hydrogen) atoms. The van der Waals surface area contributed by atoms with E-state index in [1.807, 2.05) is 6.07 Å². The normalized spacial score (nSPS) is 20.7. The molecule has 1 unspecified atom stereocenters. The van der Waals surface area contributed by atoms with Gasteiger partial charge in [-0.3, -0.25) is 9.59 Å². The molecule has 1 fully saturated rings. The number of hydrogen-bond acceptors (Lipinski definition) is 5. The highest BCUT2D eigenvalue weighted by Gasteiger charge is 2.43. The molecule has 0 bridgehead atoms. The highest BCUT2D eigenvalue weighted by Crippen LogP contribution is 2.23. The fraction of sp³-hybridized carbons (Fsp3) is 0.333. The zero-order valence-electron chi connectivity index (χ0n) is 12.4. The summed E-state index contributed by atoms with van der Waals surface area (Å²) in [7, 11) is 0. The topological polar surface area (TPSA) is 114 Å².